The van der Waals surface area contributed by atoms with Gasteiger partial charge in [0.05, 0.1) is 0 Å². The highest BCUT2D eigenvalue weighted by atomic mass is 32.2. The highest BCUT2D eigenvalue weighted by Gasteiger charge is 2.33. The van der Waals surface area contributed by atoms with Crippen molar-refractivity contribution in [1.29, 1.82) is 0 Å². The van der Waals surface area contributed by atoms with Gasteiger partial charge in [-0.05, 0) is 12.1 Å². The molecule has 124 valence electrons. The van der Waals surface area contributed by atoms with Crippen LogP contribution in [0.1, 0.15) is 0 Å². The molecule has 0 fully saturated rings. The van der Waals surface area contributed by atoms with E-state index >= 15 is 0 Å². The highest BCUT2D eigenvalue weighted by Crippen LogP contribution is 2.31. The van der Waals surface area contributed by atoms with Crippen LogP contribution in [0.3, 0.4) is 0 Å². The van der Waals surface area contributed by atoms with Gasteiger partial charge in [-0.1, -0.05) is 0 Å². The molecule has 2 aromatic rings. The Balaban J connectivity index is 2.85. The van der Waals surface area contributed by atoms with Gasteiger partial charge in [-0.2, -0.15) is 0 Å². The lowest BCUT2D eigenvalue weighted by atomic mass is 10.3. The van der Waals surface area contributed by atoms with Crippen LogP contribution in [-0.4, -0.2) is 8.42 Å². The van der Waals surface area contributed by atoms with E-state index in [0.717, 1.165) is 0 Å². The van der Waals surface area contributed by atoms with Crippen LogP contribution in [0.5, 0.6) is 0 Å². The summed E-state index contributed by atoms with van der Waals surface area (Å²) in [6, 6.07) is -0.691. The summed E-state index contributed by atoms with van der Waals surface area (Å²) in [7, 11) is -5.57. The van der Waals surface area contributed by atoms with E-state index in [1.54, 1.807) is 0 Å². The van der Waals surface area contributed by atoms with E-state index in [4.69, 9.17) is 0 Å². The molecule has 0 aliphatic heterocycles. The average Bonchev–Trinajstić information content (AvgIpc) is 2.49. The molecule has 0 heterocycles. The lowest BCUT2D eigenvalue weighted by molar-refractivity contribution is 0.391. The smallest absolute Gasteiger partial charge is 0.212 e. The van der Waals surface area contributed by atoms with Crippen molar-refractivity contribution in [3.8, 4) is 0 Å². The molecule has 0 saturated carbocycles. The summed E-state index contributed by atoms with van der Waals surface area (Å²) in [6.45, 7) is 0. The molecular formula is C12H2F8O2S. The monoisotopic (exact) mass is 362 g/mol. The summed E-state index contributed by atoms with van der Waals surface area (Å²) >= 11 is 0. The molecule has 0 aromatic heterocycles. The number of rotatable bonds is 2. The summed E-state index contributed by atoms with van der Waals surface area (Å²) in [4.78, 5) is -3.84. The molecule has 0 radical (unpaired) electrons. The summed E-state index contributed by atoms with van der Waals surface area (Å²) in [5.74, 6) is -18.9. The van der Waals surface area contributed by atoms with Crippen molar-refractivity contribution in [2.45, 2.75) is 9.79 Å². The Bertz CT molecular complexity index is 854. The maximum Gasteiger partial charge on any atom is 0.212 e. The van der Waals surface area contributed by atoms with Crippen molar-refractivity contribution in [3.05, 3.63) is 58.7 Å². The van der Waals surface area contributed by atoms with Gasteiger partial charge in [0.1, 0.15) is 9.79 Å². The minimum atomic E-state index is -5.57. The Morgan fingerprint density at radius 1 is 0.522 bits per heavy atom. The molecule has 0 N–H and O–H groups in total. The molecule has 2 aromatic carbocycles. The minimum Gasteiger partial charge on any atom is -0.218 e. The SMILES string of the molecule is O=S(=O)(c1cc(F)c(F)c(F)c1F)c1cc(F)c(F)c(F)c1F. The maximum absolute atomic E-state index is 13.5. The van der Waals surface area contributed by atoms with E-state index in [2.05, 4.69) is 0 Å². The zero-order chi connectivity index (χ0) is 17.7. The van der Waals surface area contributed by atoms with Gasteiger partial charge < -0.3 is 0 Å². The average molecular weight is 362 g/mol. The Hall–Kier alpha value is -2.17. The molecule has 0 spiro atoms. The predicted molar refractivity (Wildman–Crippen MR) is 58.0 cm³/mol. The molecule has 0 aliphatic rings. The molecule has 2 rings (SSSR count). The first-order chi connectivity index (χ1) is 10.5. The quantitative estimate of drug-likeness (QED) is 0.354. The fourth-order valence-electron chi connectivity index (χ4n) is 1.61. The summed E-state index contributed by atoms with van der Waals surface area (Å²) in [5.41, 5.74) is 0. The second-order valence-electron chi connectivity index (χ2n) is 4.10. The van der Waals surface area contributed by atoms with Crippen LogP contribution in [0, 0.1) is 46.5 Å². The molecule has 11 heteroatoms. The van der Waals surface area contributed by atoms with Crippen LogP contribution in [-0.2, 0) is 9.84 Å². The van der Waals surface area contributed by atoms with Crippen molar-refractivity contribution in [2.24, 2.45) is 0 Å². The van der Waals surface area contributed by atoms with Gasteiger partial charge in [-0.15, -0.1) is 0 Å². The van der Waals surface area contributed by atoms with E-state index in [9.17, 15) is 43.5 Å². The number of benzene rings is 2. The van der Waals surface area contributed by atoms with Gasteiger partial charge in [-0.25, -0.2) is 43.5 Å². The number of hydrogen-bond donors (Lipinski definition) is 0. The largest absolute Gasteiger partial charge is 0.218 e. The first kappa shape index (κ1) is 17.2. The van der Waals surface area contributed by atoms with Gasteiger partial charge in [0.15, 0.2) is 46.5 Å². The Labute approximate surface area is 122 Å². The minimum absolute atomic E-state index is 0.346. The van der Waals surface area contributed by atoms with Gasteiger partial charge in [0.25, 0.3) is 0 Å². The fourth-order valence-corrected chi connectivity index (χ4v) is 3.02. The lowest BCUT2D eigenvalue weighted by Crippen LogP contribution is -2.13. The van der Waals surface area contributed by atoms with Crippen molar-refractivity contribution < 1.29 is 43.5 Å². The van der Waals surface area contributed by atoms with Gasteiger partial charge in [0.2, 0.25) is 9.84 Å². The first-order valence-electron chi connectivity index (χ1n) is 5.41. The summed E-state index contributed by atoms with van der Waals surface area (Å²) in [5, 5.41) is 0. The third-order valence-corrected chi connectivity index (χ3v) is 4.47. The maximum atomic E-state index is 13.5. The normalized spacial score (nSPS) is 11.8. The van der Waals surface area contributed by atoms with E-state index < -0.39 is 66.2 Å². The molecule has 2 nitrogen and oxygen atoms in total. The molecular weight excluding hydrogens is 360 g/mol. The number of hydrogen-bond acceptors (Lipinski definition) is 2. The zero-order valence-corrected chi connectivity index (χ0v) is 11.2. The molecule has 23 heavy (non-hydrogen) atoms. The van der Waals surface area contributed by atoms with Crippen molar-refractivity contribution in [1.82, 2.24) is 0 Å². The van der Waals surface area contributed by atoms with Crippen molar-refractivity contribution in [3.63, 3.8) is 0 Å². The fraction of sp³-hybridized carbons (Fsp3) is 0. The Morgan fingerprint density at radius 2 is 0.826 bits per heavy atom. The van der Waals surface area contributed by atoms with Crippen LogP contribution < -0.4 is 0 Å². The number of halogens is 8. The molecule has 0 bridgehead atoms. The van der Waals surface area contributed by atoms with Crippen molar-refractivity contribution in [2.75, 3.05) is 0 Å². The summed E-state index contributed by atoms with van der Waals surface area (Å²) < 4.78 is 129. The second kappa shape index (κ2) is 5.48. The van der Waals surface area contributed by atoms with E-state index in [1.807, 2.05) is 0 Å². The topological polar surface area (TPSA) is 34.1 Å². The molecule has 0 unspecified atom stereocenters. The lowest BCUT2D eigenvalue weighted by Gasteiger charge is -2.09. The van der Waals surface area contributed by atoms with Crippen LogP contribution in [0.2, 0.25) is 0 Å². The van der Waals surface area contributed by atoms with Crippen LogP contribution in [0.15, 0.2) is 21.9 Å². The third-order valence-electron chi connectivity index (χ3n) is 2.72. The van der Waals surface area contributed by atoms with Crippen LogP contribution in [0.4, 0.5) is 35.1 Å². The Kier molecular flexibility index (Phi) is 4.09. The number of sulfone groups is 1. The highest BCUT2D eigenvalue weighted by molar-refractivity contribution is 7.91. The van der Waals surface area contributed by atoms with Gasteiger partial charge >= 0.3 is 0 Å². The molecule has 0 aliphatic carbocycles. The molecule has 0 saturated heterocycles. The van der Waals surface area contributed by atoms with Crippen molar-refractivity contribution >= 4 is 9.84 Å². The van der Waals surface area contributed by atoms with E-state index in [1.165, 1.54) is 0 Å². The van der Waals surface area contributed by atoms with E-state index in [-0.39, 0.29) is 12.1 Å². The van der Waals surface area contributed by atoms with Gasteiger partial charge in [0, 0.05) is 0 Å². The van der Waals surface area contributed by atoms with Gasteiger partial charge in [-0.3, -0.25) is 0 Å². The Morgan fingerprint density at radius 3 is 1.13 bits per heavy atom. The molecule has 0 atom stereocenters. The third kappa shape index (κ3) is 2.54. The summed E-state index contributed by atoms with van der Waals surface area (Å²) in [6.07, 6.45) is 0. The molecule has 0 amide bonds. The second-order valence-corrected chi connectivity index (χ2v) is 5.99. The standard InChI is InChI=1S/C12H2F8O2S/c13-3-1-5(9(17)11(19)7(3)15)23(21,22)6-2-4(14)8(16)12(20)10(6)18/h1-2H. The zero-order valence-electron chi connectivity index (χ0n) is 10.4. The first-order valence-corrected chi connectivity index (χ1v) is 6.89. The van der Waals surface area contributed by atoms with E-state index in [0.29, 0.717) is 0 Å². The van der Waals surface area contributed by atoms with Crippen LogP contribution >= 0.6 is 0 Å². The predicted octanol–water partition coefficient (Wildman–Crippen LogP) is 3.63. The van der Waals surface area contributed by atoms with Crippen LogP contribution in [0.25, 0.3) is 0 Å².